The summed E-state index contributed by atoms with van der Waals surface area (Å²) < 4.78 is 19.5. The van der Waals surface area contributed by atoms with Gasteiger partial charge in [-0.2, -0.15) is 0 Å². The molecule has 6 heteroatoms. The van der Waals surface area contributed by atoms with Crippen molar-refractivity contribution >= 4 is 60.8 Å². The number of hydrogen-bond acceptors (Lipinski definition) is 3. The molecule has 0 atom stereocenters. The molecule has 0 spiro atoms. The molecule has 0 fully saturated rings. The topological polar surface area (TPSA) is 49.5 Å². The Morgan fingerprint density at radius 3 is 2.23 bits per heavy atom. The van der Waals surface area contributed by atoms with Gasteiger partial charge in [-0.25, -0.2) is 9.38 Å². The number of hydrogen-bond donors (Lipinski definition) is 0. The van der Waals surface area contributed by atoms with Gasteiger partial charge in [0.05, 0.1) is 33.4 Å². The summed E-state index contributed by atoms with van der Waals surface area (Å²) in [6, 6.07) is 37.5. The molecule has 0 N–H and O–H groups in total. The summed E-state index contributed by atoms with van der Waals surface area (Å²) in [6.45, 7) is 0. The highest BCUT2D eigenvalue weighted by atomic mass is 16.5. The fraction of sp³-hybridized carbons (Fsp3) is 0. The van der Waals surface area contributed by atoms with E-state index in [2.05, 4.69) is 92.4 Å². The van der Waals surface area contributed by atoms with Crippen LogP contribution in [-0.4, -0.2) is 18.5 Å². The molecule has 9 aromatic rings. The maximum absolute atomic E-state index is 6.44. The van der Waals surface area contributed by atoms with Crippen LogP contribution in [0.3, 0.4) is 0 Å². The van der Waals surface area contributed by atoms with Gasteiger partial charge < -0.3 is 13.7 Å². The lowest BCUT2D eigenvalue weighted by atomic mass is 10.1. The zero-order chi connectivity index (χ0) is 25.2. The van der Waals surface area contributed by atoms with Crippen molar-refractivity contribution in [2.45, 2.75) is 0 Å². The van der Waals surface area contributed by atoms with Gasteiger partial charge in [0.15, 0.2) is 11.5 Å². The molecular formula is C33H18N4O2. The second-order valence-electron chi connectivity index (χ2n) is 10.1. The predicted octanol–water partition coefficient (Wildman–Crippen LogP) is 8.38. The zero-order valence-electron chi connectivity index (χ0n) is 20.5. The average Bonchev–Trinajstić information content (AvgIpc) is 3.71. The van der Waals surface area contributed by atoms with Gasteiger partial charge in [-0.1, -0.05) is 54.6 Å². The summed E-state index contributed by atoms with van der Waals surface area (Å²) in [6.07, 6.45) is 0. The van der Waals surface area contributed by atoms with Crippen molar-refractivity contribution in [3.05, 3.63) is 109 Å². The lowest BCUT2D eigenvalue weighted by Crippen LogP contribution is -2.05. The summed E-state index contributed by atoms with van der Waals surface area (Å²) in [4.78, 5) is 5.20. The standard InChI is InChI=1S/C33H18N4O2/c1-3-11-21-19(9-1)29-25(17-18-28-31(29)35(21)24-14-6-8-16-27(24)38-28)36-22-12-4-5-13-23(22)37-32-30(34-33(36)37)20-10-2-7-15-26(20)39-32/h1-18H. The molecule has 182 valence electrons. The van der Waals surface area contributed by atoms with E-state index in [1.165, 1.54) is 5.39 Å². The third-order valence-electron chi connectivity index (χ3n) is 8.05. The van der Waals surface area contributed by atoms with E-state index in [0.29, 0.717) is 0 Å². The van der Waals surface area contributed by atoms with E-state index in [4.69, 9.17) is 14.1 Å². The number of furan rings is 1. The fourth-order valence-corrected chi connectivity index (χ4v) is 6.49. The van der Waals surface area contributed by atoms with Gasteiger partial charge in [0.25, 0.3) is 0 Å². The molecule has 1 aliphatic rings. The molecule has 0 saturated heterocycles. The van der Waals surface area contributed by atoms with Crippen molar-refractivity contribution < 1.29 is 9.15 Å². The Morgan fingerprint density at radius 2 is 1.31 bits per heavy atom. The van der Waals surface area contributed by atoms with Crippen LogP contribution in [0.2, 0.25) is 0 Å². The number of fused-ring (bicyclic) bond motifs is 12. The number of imidazole rings is 2. The van der Waals surface area contributed by atoms with E-state index in [1.807, 2.05) is 30.3 Å². The minimum Gasteiger partial charge on any atom is -0.453 e. The Kier molecular flexibility index (Phi) is 3.36. The molecule has 5 heterocycles. The Balaban J connectivity index is 1.42. The number of nitrogens with zero attached hydrogens (tertiary/aromatic N) is 4. The van der Waals surface area contributed by atoms with Crippen LogP contribution in [-0.2, 0) is 0 Å². The monoisotopic (exact) mass is 502 g/mol. The van der Waals surface area contributed by atoms with Crippen LogP contribution >= 0.6 is 0 Å². The summed E-state index contributed by atoms with van der Waals surface area (Å²) in [7, 11) is 0. The minimum absolute atomic E-state index is 0.759. The largest absolute Gasteiger partial charge is 0.453 e. The first-order valence-electron chi connectivity index (χ1n) is 13.0. The number of rotatable bonds is 1. The third kappa shape index (κ3) is 2.27. The van der Waals surface area contributed by atoms with Crippen LogP contribution in [0.4, 0.5) is 0 Å². The van der Waals surface area contributed by atoms with Crippen LogP contribution in [0, 0.1) is 0 Å². The molecule has 0 unspecified atom stereocenters. The van der Waals surface area contributed by atoms with Gasteiger partial charge in [-0.3, -0.25) is 4.57 Å². The predicted molar refractivity (Wildman–Crippen MR) is 154 cm³/mol. The molecule has 1 aliphatic heterocycles. The maximum atomic E-state index is 6.44. The smallest absolute Gasteiger partial charge is 0.234 e. The van der Waals surface area contributed by atoms with Crippen LogP contribution < -0.4 is 4.74 Å². The number of aromatic nitrogens is 4. The van der Waals surface area contributed by atoms with Crippen LogP contribution in [0.25, 0.3) is 72.2 Å². The Hall–Kier alpha value is -5.49. The van der Waals surface area contributed by atoms with Crippen LogP contribution in [0.15, 0.2) is 114 Å². The summed E-state index contributed by atoms with van der Waals surface area (Å²) in [5.74, 6) is 2.52. The second-order valence-corrected chi connectivity index (χ2v) is 10.1. The maximum Gasteiger partial charge on any atom is 0.234 e. The average molecular weight is 503 g/mol. The number of para-hydroxylation sites is 6. The first-order chi connectivity index (χ1) is 19.4. The quantitative estimate of drug-likeness (QED) is 0.227. The Bertz CT molecular complexity index is 2490. The minimum atomic E-state index is 0.759. The molecule has 0 bridgehead atoms. The van der Waals surface area contributed by atoms with Crippen molar-refractivity contribution in [2.75, 3.05) is 0 Å². The number of benzene rings is 5. The highest BCUT2D eigenvalue weighted by Gasteiger charge is 2.28. The van der Waals surface area contributed by atoms with Gasteiger partial charge in [0.1, 0.15) is 11.1 Å². The first kappa shape index (κ1) is 19.6. The Labute approximate surface area is 220 Å². The summed E-state index contributed by atoms with van der Waals surface area (Å²) in [5.41, 5.74) is 8.87. The Morgan fingerprint density at radius 1 is 0.564 bits per heavy atom. The number of ether oxygens (including phenoxy) is 1. The van der Waals surface area contributed by atoms with Gasteiger partial charge >= 0.3 is 0 Å². The molecular weight excluding hydrogens is 484 g/mol. The normalized spacial score (nSPS) is 12.8. The van der Waals surface area contributed by atoms with E-state index >= 15 is 0 Å². The van der Waals surface area contributed by atoms with E-state index in [0.717, 1.165) is 78.3 Å². The van der Waals surface area contributed by atoms with Gasteiger partial charge in [-0.05, 0) is 54.6 Å². The highest BCUT2D eigenvalue weighted by molar-refractivity contribution is 6.16. The van der Waals surface area contributed by atoms with Crippen LogP contribution in [0.1, 0.15) is 0 Å². The van der Waals surface area contributed by atoms with Crippen molar-refractivity contribution in [3.8, 4) is 22.9 Å². The second kappa shape index (κ2) is 6.68. The third-order valence-corrected chi connectivity index (χ3v) is 8.05. The SMILES string of the molecule is c1ccc2c(c1)Oc1ccc(-n3c4ccccc4n4c5oc6ccccc6c5nc34)c3c4ccccc4n-2c13. The molecule has 39 heavy (non-hydrogen) atoms. The summed E-state index contributed by atoms with van der Waals surface area (Å²) in [5, 5.41) is 3.31. The van der Waals surface area contributed by atoms with Gasteiger partial charge in [-0.15, -0.1) is 0 Å². The fourth-order valence-electron chi connectivity index (χ4n) is 6.49. The molecule has 6 nitrogen and oxygen atoms in total. The molecule has 4 aromatic heterocycles. The molecule has 10 rings (SSSR count). The van der Waals surface area contributed by atoms with Gasteiger partial charge in [0.2, 0.25) is 11.5 Å². The molecule has 0 aliphatic carbocycles. The van der Waals surface area contributed by atoms with Crippen molar-refractivity contribution in [3.63, 3.8) is 0 Å². The van der Waals surface area contributed by atoms with E-state index < -0.39 is 0 Å². The van der Waals surface area contributed by atoms with Crippen molar-refractivity contribution in [2.24, 2.45) is 0 Å². The first-order valence-corrected chi connectivity index (χ1v) is 13.0. The van der Waals surface area contributed by atoms with E-state index in [1.54, 1.807) is 0 Å². The summed E-state index contributed by atoms with van der Waals surface area (Å²) >= 11 is 0. The molecule has 5 aromatic carbocycles. The van der Waals surface area contributed by atoms with Crippen LogP contribution in [0.5, 0.6) is 11.5 Å². The highest BCUT2D eigenvalue weighted by Crippen LogP contribution is 2.48. The van der Waals surface area contributed by atoms with Crippen molar-refractivity contribution in [1.29, 1.82) is 0 Å². The molecule has 0 radical (unpaired) electrons. The molecule has 0 saturated carbocycles. The van der Waals surface area contributed by atoms with E-state index in [9.17, 15) is 0 Å². The van der Waals surface area contributed by atoms with Gasteiger partial charge in [0, 0.05) is 16.2 Å². The van der Waals surface area contributed by atoms with Crippen molar-refractivity contribution in [1.82, 2.24) is 18.5 Å². The lowest BCUT2D eigenvalue weighted by Gasteiger charge is -2.21. The lowest BCUT2D eigenvalue weighted by molar-refractivity contribution is 0.476. The van der Waals surface area contributed by atoms with E-state index in [-0.39, 0.29) is 0 Å². The zero-order valence-corrected chi connectivity index (χ0v) is 20.5. The molecule has 0 amide bonds.